The molecule has 0 spiro atoms. The Bertz CT molecular complexity index is 809. The molecule has 2 amide bonds. The van der Waals surface area contributed by atoms with E-state index in [-0.39, 0.29) is 18.2 Å². The second kappa shape index (κ2) is 10.0. The van der Waals surface area contributed by atoms with E-state index in [9.17, 15) is 4.79 Å². The van der Waals surface area contributed by atoms with Crippen LogP contribution >= 0.6 is 0 Å². The number of carbonyl (C=O) groups is 1. The molecule has 1 aliphatic carbocycles. The van der Waals surface area contributed by atoms with Crippen molar-refractivity contribution in [2.45, 2.75) is 70.6 Å². The largest absolute Gasteiger partial charge is 0.490 e. The smallest absolute Gasteiger partial charge is 0.322 e. The van der Waals surface area contributed by atoms with E-state index in [0.29, 0.717) is 6.54 Å². The summed E-state index contributed by atoms with van der Waals surface area (Å²) in [6.45, 7) is 4.10. The second-order valence-electron chi connectivity index (χ2n) is 8.39. The number of ether oxygens (including phenoxy) is 2. The Kier molecular flexibility index (Phi) is 6.95. The maximum absolute atomic E-state index is 13.2. The van der Waals surface area contributed by atoms with E-state index >= 15 is 0 Å². The summed E-state index contributed by atoms with van der Waals surface area (Å²) in [6.07, 6.45) is 11.1. The Balaban J connectivity index is 1.42. The summed E-state index contributed by atoms with van der Waals surface area (Å²) >= 11 is 0. The normalized spacial score (nSPS) is 18.2. The molecule has 4 rings (SSSR count). The zero-order valence-corrected chi connectivity index (χ0v) is 17.8. The maximum atomic E-state index is 13.2. The van der Waals surface area contributed by atoms with Crippen molar-refractivity contribution < 1.29 is 18.7 Å². The van der Waals surface area contributed by atoms with Gasteiger partial charge in [0.2, 0.25) is 0 Å². The molecule has 1 N–H and O–H groups in total. The molecule has 0 unspecified atom stereocenters. The summed E-state index contributed by atoms with van der Waals surface area (Å²) in [4.78, 5) is 15.2. The molecule has 2 heterocycles. The number of nitrogens with one attached hydrogen (secondary N) is 1. The van der Waals surface area contributed by atoms with E-state index < -0.39 is 0 Å². The van der Waals surface area contributed by atoms with Crippen LogP contribution in [0.2, 0.25) is 0 Å². The minimum Gasteiger partial charge on any atom is -0.490 e. The summed E-state index contributed by atoms with van der Waals surface area (Å²) in [7, 11) is 0. The van der Waals surface area contributed by atoms with Gasteiger partial charge in [0.05, 0.1) is 32.3 Å². The van der Waals surface area contributed by atoms with Crippen LogP contribution in [0.15, 0.2) is 41.2 Å². The van der Waals surface area contributed by atoms with E-state index in [1.54, 1.807) is 12.5 Å². The van der Waals surface area contributed by atoms with Crippen molar-refractivity contribution in [3.63, 3.8) is 0 Å². The number of benzene rings is 1. The second-order valence-corrected chi connectivity index (χ2v) is 8.39. The summed E-state index contributed by atoms with van der Waals surface area (Å²) in [6, 6.07) is 8.02. The summed E-state index contributed by atoms with van der Waals surface area (Å²) in [5.74, 6) is 0.877. The predicted octanol–water partition coefficient (Wildman–Crippen LogP) is 5.51. The van der Waals surface area contributed by atoms with Gasteiger partial charge in [0.1, 0.15) is 11.9 Å². The van der Waals surface area contributed by atoms with Gasteiger partial charge in [-0.05, 0) is 49.6 Å². The molecule has 30 heavy (non-hydrogen) atoms. The van der Waals surface area contributed by atoms with Crippen molar-refractivity contribution in [3.8, 4) is 5.75 Å². The third kappa shape index (κ3) is 5.36. The van der Waals surface area contributed by atoms with Crippen molar-refractivity contribution in [2.24, 2.45) is 0 Å². The lowest BCUT2D eigenvalue weighted by Gasteiger charge is -2.34. The standard InChI is InChI=1S/C24H32N2O4/c1-18-15-20(7-8-23(18)30-22-10-13-28-14-11-22)25-24(27)26(16-19-9-12-29-17-19)21-5-3-2-4-6-21/h7-9,12,15,17,21-22H,2-6,10-11,13-14,16H2,1H3,(H,25,27). The zero-order valence-electron chi connectivity index (χ0n) is 17.8. The summed E-state index contributed by atoms with van der Waals surface area (Å²) in [5.41, 5.74) is 2.84. The molecule has 2 aromatic rings. The minimum atomic E-state index is -0.0550. The Morgan fingerprint density at radius 2 is 1.93 bits per heavy atom. The van der Waals surface area contributed by atoms with Crippen LogP contribution in [0.4, 0.5) is 10.5 Å². The number of rotatable bonds is 6. The van der Waals surface area contributed by atoms with Crippen LogP contribution in [-0.2, 0) is 11.3 Å². The topological polar surface area (TPSA) is 63.9 Å². The van der Waals surface area contributed by atoms with Gasteiger partial charge in [-0.25, -0.2) is 4.79 Å². The van der Waals surface area contributed by atoms with E-state index in [2.05, 4.69) is 5.32 Å². The van der Waals surface area contributed by atoms with Gasteiger partial charge in [-0.15, -0.1) is 0 Å². The highest BCUT2D eigenvalue weighted by Gasteiger charge is 2.26. The van der Waals surface area contributed by atoms with Crippen LogP contribution in [0.3, 0.4) is 0 Å². The molecular formula is C24H32N2O4. The molecule has 2 aliphatic rings. The van der Waals surface area contributed by atoms with Gasteiger partial charge in [0, 0.05) is 30.1 Å². The zero-order chi connectivity index (χ0) is 20.8. The van der Waals surface area contributed by atoms with Crippen molar-refractivity contribution in [3.05, 3.63) is 47.9 Å². The number of amides is 2. The fourth-order valence-corrected chi connectivity index (χ4v) is 4.37. The summed E-state index contributed by atoms with van der Waals surface area (Å²) in [5, 5.41) is 3.10. The molecule has 0 atom stereocenters. The number of anilines is 1. The number of hydrogen-bond donors (Lipinski definition) is 1. The van der Waals surface area contributed by atoms with Gasteiger partial charge < -0.3 is 24.1 Å². The lowest BCUT2D eigenvalue weighted by Crippen LogP contribution is -2.43. The number of furan rings is 1. The average Bonchev–Trinajstić information content (AvgIpc) is 3.29. The van der Waals surface area contributed by atoms with Gasteiger partial charge in [-0.1, -0.05) is 19.3 Å². The Labute approximate surface area is 178 Å². The molecular weight excluding hydrogens is 380 g/mol. The van der Waals surface area contributed by atoms with Crippen LogP contribution in [0.25, 0.3) is 0 Å². The van der Waals surface area contributed by atoms with Crippen molar-refractivity contribution in [1.29, 1.82) is 0 Å². The van der Waals surface area contributed by atoms with Crippen LogP contribution < -0.4 is 10.1 Å². The van der Waals surface area contributed by atoms with E-state index in [1.165, 1.54) is 19.3 Å². The van der Waals surface area contributed by atoms with Gasteiger partial charge >= 0.3 is 6.03 Å². The highest BCUT2D eigenvalue weighted by Crippen LogP contribution is 2.27. The molecule has 162 valence electrons. The Hall–Kier alpha value is -2.47. The first-order valence-corrected chi connectivity index (χ1v) is 11.1. The molecule has 0 radical (unpaired) electrons. The molecule has 1 aromatic heterocycles. The lowest BCUT2D eigenvalue weighted by atomic mass is 9.94. The molecule has 6 nitrogen and oxygen atoms in total. The van der Waals surface area contributed by atoms with Gasteiger partial charge in [0.25, 0.3) is 0 Å². The van der Waals surface area contributed by atoms with E-state index in [0.717, 1.165) is 61.5 Å². The summed E-state index contributed by atoms with van der Waals surface area (Å²) < 4.78 is 16.8. The molecule has 1 saturated heterocycles. The predicted molar refractivity (Wildman–Crippen MR) is 116 cm³/mol. The first-order chi connectivity index (χ1) is 14.7. The highest BCUT2D eigenvalue weighted by molar-refractivity contribution is 5.89. The number of carbonyl (C=O) groups excluding carboxylic acids is 1. The minimum absolute atomic E-state index is 0.0550. The highest BCUT2D eigenvalue weighted by atomic mass is 16.5. The van der Waals surface area contributed by atoms with Crippen molar-refractivity contribution in [2.75, 3.05) is 18.5 Å². The van der Waals surface area contributed by atoms with Crippen LogP contribution in [0.5, 0.6) is 5.75 Å². The third-order valence-corrected chi connectivity index (χ3v) is 6.10. The van der Waals surface area contributed by atoms with Crippen LogP contribution in [0, 0.1) is 6.92 Å². The Morgan fingerprint density at radius 3 is 2.63 bits per heavy atom. The molecule has 1 saturated carbocycles. The van der Waals surface area contributed by atoms with Gasteiger partial charge in [-0.3, -0.25) is 0 Å². The number of aryl methyl sites for hydroxylation is 1. The number of urea groups is 1. The third-order valence-electron chi connectivity index (χ3n) is 6.10. The first kappa shape index (κ1) is 20.8. The first-order valence-electron chi connectivity index (χ1n) is 11.1. The fourth-order valence-electron chi connectivity index (χ4n) is 4.37. The fraction of sp³-hybridized carbons (Fsp3) is 0.542. The quantitative estimate of drug-likeness (QED) is 0.679. The molecule has 1 aromatic carbocycles. The lowest BCUT2D eigenvalue weighted by molar-refractivity contribution is 0.0253. The van der Waals surface area contributed by atoms with Gasteiger partial charge in [-0.2, -0.15) is 0 Å². The molecule has 6 heteroatoms. The van der Waals surface area contributed by atoms with Gasteiger partial charge in [0.15, 0.2) is 0 Å². The average molecular weight is 413 g/mol. The SMILES string of the molecule is Cc1cc(NC(=O)N(Cc2ccoc2)C2CCCCC2)ccc1OC1CCOCC1. The Morgan fingerprint density at radius 1 is 1.13 bits per heavy atom. The molecule has 2 fully saturated rings. The molecule has 0 bridgehead atoms. The van der Waals surface area contributed by atoms with E-state index in [1.807, 2.05) is 36.1 Å². The number of nitrogens with zero attached hydrogens (tertiary/aromatic N) is 1. The van der Waals surface area contributed by atoms with Crippen molar-refractivity contribution >= 4 is 11.7 Å². The van der Waals surface area contributed by atoms with Crippen molar-refractivity contribution in [1.82, 2.24) is 4.90 Å². The van der Waals surface area contributed by atoms with Crippen LogP contribution in [0.1, 0.15) is 56.1 Å². The monoisotopic (exact) mass is 412 g/mol. The van der Waals surface area contributed by atoms with Crippen LogP contribution in [-0.4, -0.2) is 36.3 Å². The number of hydrogen-bond acceptors (Lipinski definition) is 4. The van der Waals surface area contributed by atoms with E-state index in [4.69, 9.17) is 13.9 Å². The maximum Gasteiger partial charge on any atom is 0.322 e. The molecule has 1 aliphatic heterocycles.